The number of anilines is 2. The molecule has 0 bridgehead atoms. The molecule has 2 rings (SSSR count). The van der Waals surface area contributed by atoms with E-state index >= 15 is 0 Å². The highest BCUT2D eigenvalue weighted by atomic mass is 16.5. The minimum atomic E-state index is -0.407. The molecule has 0 radical (unpaired) electrons. The minimum Gasteiger partial charge on any atom is -0.465 e. The Labute approximate surface area is 117 Å². The van der Waals surface area contributed by atoms with Crippen molar-refractivity contribution in [1.29, 1.82) is 0 Å². The molecule has 4 N–H and O–H groups in total. The molecule has 1 fully saturated rings. The summed E-state index contributed by atoms with van der Waals surface area (Å²) >= 11 is 0. The predicted molar refractivity (Wildman–Crippen MR) is 76.3 cm³/mol. The molecule has 1 aliphatic heterocycles. The van der Waals surface area contributed by atoms with E-state index in [4.69, 9.17) is 11.5 Å². The molecule has 0 aromatic heterocycles. The number of hydrogen-bond donors (Lipinski definition) is 2. The lowest BCUT2D eigenvalue weighted by Crippen LogP contribution is -2.38. The van der Waals surface area contributed by atoms with Gasteiger partial charge in [-0.05, 0) is 31.0 Å². The number of benzene rings is 1. The third kappa shape index (κ3) is 2.84. The molecule has 108 valence electrons. The first-order chi connectivity index (χ1) is 9.52. The second-order valence-corrected chi connectivity index (χ2v) is 4.93. The van der Waals surface area contributed by atoms with Crippen molar-refractivity contribution in [3.05, 3.63) is 23.8 Å². The van der Waals surface area contributed by atoms with Gasteiger partial charge in [0.25, 0.3) is 0 Å². The van der Waals surface area contributed by atoms with E-state index in [1.54, 1.807) is 12.1 Å². The fraction of sp³-hybridized carbons (Fsp3) is 0.429. The van der Waals surface area contributed by atoms with Crippen LogP contribution in [0, 0.1) is 5.92 Å². The average molecular weight is 277 g/mol. The van der Waals surface area contributed by atoms with Crippen molar-refractivity contribution in [2.75, 3.05) is 30.8 Å². The van der Waals surface area contributed by atoms with E-state index in [-0.39, 0.29) is 11.8 Å². The van der Waals surface area contributed by atoms with Crippen LogP contribution >= 0.6 is 0 Å². The van der Waals surface area contributed by atoms with E-state index in [0.29, 0.717) is 11.3 Å². The molecule has 20 heavy (non-hydrogen) atoms. The SMILES string of the molecule is COC(=O)c1ccc(N2CCC(C(N)=O)CC2)c(N)c1. The highest BCUT2D eigenvalue weighted by Crippen LogP contribution is 2.29. The zero-order valence-electron chi connectivity index (χ0n) is 11.5. The number of carbonyl (C=O) groups excluding carboxylic acids is 2. The lowest BCUT2D eigenvalue weighted by molar-refractivity contribution is -0.122. The van der Waals surface area contributed by atoms with E-state index in [1.165, 1.54) is 7.11 Å². The summed E-state index contributed by atoms with van der Waals surface area (Å²) < 4.78 is 4.66. The summed E-state index contributed by atoms with van der Waals surface area (Å²) in [5.41, 5.74) is 13.2. The average Bonchev–Trinajstić information content (AvgIpc) is 2.46. The Morgan fingerprint density at radius 3 is 2.45 bits per heavy atom. The zero-order chi connectivity index (χ0) is 14.7. The molecule has 1 aromatic rings. The van der Waals surface area contributed by atoms with Gasteiger partial charge in [-0.3, -0.25) is 4.79 Å². The number of amides is 1. The summed E-state index contributed by atoms with van der Waals surface area (Å²) in [6.07, 6.45) is 1.46. The predicted octanol–water partition coefficient (Wildman–Crippen LogP) is 0.757. The number of methoxy groups -OCH3 is 1. The number of piperidine rings is 1. The quantitative estimate of drug-likeness (QED) is 0.627. The van der Waals surface area contributed by atoms with Crippen molar-refractivity contribution in [3.8, 4) is 0 Å². The smallest absolute Gasteiger partial charge is 0.337 e. The van der Waals surface area contributed by atoms with Crippen LogP contribution in [0.3, 0.4) is 0 Å². The number of ether oxygens (including phenoxy) is 1. The summed E-state index contributed by atoms with van der Waals surface area (Å²) in [5, 5.41) is 0. The number of nitrogens with two attached hydrogens (primary N) is 2. The van der Waals surface area contributed by atoms with Gasteiger partial charge in [0.1, 0.15) is 0 Å². The fourth-order valence-electron chi connectivity index (χ4n) is 2.49. The van der Waals surface area contributed by atoms with Crippen molar-refractivity contribution in [3.63, 3.8) is 0 Å². The van der Waals surface area contributed by atoms with Crippen molar-refractivity contribution < 1.29 is 14.3 Å². The first-order valence-corrected chi connectivity index (χ1v) is 6.55. The Balaban J connectivity index is 2.11. The second-order valence-electron chi connectivity index (χ2n) is 4.93. The van der Waals surface area contributed by atoms with Gasteiger partial charge in [-0.25, -0.2) is 4.79 Å². The molecule has 0 saturated carbocycles. The molecule has 1 heterocycles. The van der Waals surface area contributed by atoms with E-state index < -0.39 is 5.97 Å². The molecule has 6 nitrogen and oxygen atoms in total. The van der Waals surface area contributed by atoms with Gasteiger partial charge in [-0.2, -0.15) is 0 Å². The van der Waals surface area contributed by atoms with Crippen LogP contribution in [0.25, 0.3) is 0 Å². The van der Waals surface area contributed by atoms with Crippen LogP contribution in [0.15, 0.2) is 18.2 Å². The van der Waals surface area contributed by atoms with E-state index in [0.717, 1.165) is 31.6 Å². The Morgan fingerprint density at radius 2 is 1.95 bits per heavy atom. The van der Waals surface area contributed by atoms with Crippen molar-refractivity contribution in [2.24, 2.45) is 11.7 Å². The maximum atomic E-state index is 11.4. The van der Waals surface area contributed by atoms with Crippen LogP contribution in [0.1, 0.15) is 23.2 Å². The molecule has 0 unspecified atom stereocenters. The van der Waals surface area contributed by atoms with Gasteiger partial charge in [0, 0.05) is 19.0 Å². The van der Waals surface area contributed by atoms with E-state index in [1.807, 2.05) is 6.07 Å². The molecule has 6 heteroatoms. The number of nitrogen functional groups attached to an aromatic ring is 1. The third-order valence-electron chi connectivity index (χ3n) is 3.69. The maximum absolute atomic E-state index is 11.4. The monoisotopic (exact) mass is 277 g/mol. The number of hydrogen-bond acceptors (Lipinski definition) is 5. The minimum absolute atomic E-state index is 0.0539. The number of esters is 1. The summed E-state index contributed by atoms with van der Waals surface area (Å²) in [6, 6.07) is 5.12. The maximum Gasteiger partial charge on any atom is 0.337 e. The standard InChI is InChI=1S/C14H19N3O3/c1-20-14(19)10-2-3-12(11(15)8-10)17-6-4-9(5-7-17)13(16)18/h2-3,8-9H,4-7,15H2,1H3,(H2,16,18). The van der Waals surface area contributed by atoms with Gasteiger partial charge in [0.2, 0.25) is 5.91 Å². The summed E-state index contributed by atoms with van der Waals surface area (Å²) in [6.45, 7) is 1.46. The molecular formula is C14H19N3O3. The molecule has 1 aliphatic rings. The number of nitrogens with zero attached hydrogens (tertiary/aromatic N) is 1. The van der Waals surface area contributed by atoms with Crippen LogP contribution < -0.4 is 16.4 Å². The highest BCUT2D eigenvalue weighted by molar-refractivity contribution is 5.92. The topological polar surface area (TPSA) is 98.6 Å². The van der Waals surface area contributed by atoms with Gasteiger partial charge < -0.3 is 21.1 Å². The zero-order valence-corrected chi connectivity index (χ0v) is 11.5. The first-order valence-electron chi connectivity index (χ1n) is 6.55. The van der Waals surface area contributed by atoms with Crippen molar-refractivity contribution >= 4 is 23.3 Å². The van der Waals surface area contributed by atoms with Gasteiger partial charge in [-0.15, -0.1) is 0 Å². The van der Waals surface area contributed by atoms with Crippen LogP contribution in [0.2, 0.25) is 0 Å². The van der Waals surface area contributed by atoms with Crippen LogP contribution in [0.5, 0.6) is 0 Å². The van der Waals surface area contributed by atoms with Crippen LogP contribution in [-0.2, 0) is 9.53 Å². The van der Waals surface area contributed by atoms with Crippen molar-refractivity contribution in [1.82, 2.24) is 0 Å². The fourth-order valence-corrected chi connectivity index (χ4v) is 2.49. The molecule has 1 amide bonds. The largest absolute Gasteiger partial charge is 0.465 e. The number of primary amides is 1. The Kier molecular flexibility index (Phi) is 4.12. The molecule has 0 atom stereocenters. The van der Waals surface area contributed by atoms with Gasteiger partial charge >= 0.3 is 5.97 Å². The third-order valence-corrected chi connectivity index (χ3v) is 3.69. The second kappa shape index (κ2) is 5.81. The summed E-state index contributed by atoms with van der Waals surface area (Å²) in [4.78, 5) is 24.7. The Hall–Kier alpha value is -2.24. The highest BCUT2D eigenvalue weighted by Gasteiger charge is 2.24. The Morgan fingerprint density at radius 1 is 1.30 bits per heavy atom. The lowest BCUT2D eigenvalue weighted by Gasteiger charge is -2.33. The van der Waals surface area contributed by atoms with Crippen molar-refractivity contribution in [2.45, 2.75) is 12.8 Å². The molecule has 1 aromatic carbocycles. The molecular weight excluding hydrogens is 258 g/mol. The number of carbonyl (C=O) groups is 2. The first kappa shape index (κ1) is 14.2. The molecule has 0 aliphatic carbocycles. The lowest BCUT2D eigenvalue weighted by atomic mass is 9.95. The van der Waals surface area contributed by atoms with Crippen LogP contribution in [-0.4, -0.2) is 32.1 Å². The van der Waals surface area contributed by atoms with E-state index in [9.17, 15) is 9.59 Å². The summed E-state index contributed by atoms with van der Waals surface area (Å²) in [5.74, 6) is -0.698. The summed E-state index contributed by atoms with van der Waals surface area (Å²) in [7, 11) is 1.33. The van der Waals surface area contributed by atoms with Crippen LogP contribution in [0.4, 0.5) is 11.4 Å². The Bertz CT molecular complexity index is 522. The molecule has 1 saturated heterocycles. The van der Waals surface area contributed by atoms with Gasteiger partial charge in [0.15, 0.2) is 0 Å². The van der Waals surface area contributed by atoms with Gasteiger partial charge in [0.05, 0.1) is 24.0 Å². The molecule has 0 spiro atoms. The van der Waals surface area contributed by atoms with Gasteiger partial charge in [-0.1, -0.05) is 0 Å². The number of rotatable bonds is 3. The normalized spacial score (nSPS) is 15.9. The van der Waals surface area contributed by atoms with E-state index in [2.05, 4.69) is 9.64 Å².